The number of piperazine rings is 1. The second-order valence-electron chi connectivity index (χ2n) is 2.88. The number of thioether (sulfide) groups is 1. The molecule has 0 aromatic heterocycles. The molecule has 3 N–H and O–H groups in total. The van der Waals surface area contributed by atoms with Crippen molar-refractivity contribution in [2.75, 3.05) is 25.4 Å². The lowest BCUT2D eigenvalue weighted by Gasteiger charge is -2.28. The van der Waals surface area contributed by atoms with E-state index in [9.17, 15) is 0 Å². The lowest BCUT2D eigenvalue weighted by atomic mass is 10.2. The van der Waals surface area contributed by atoms with E-state index in [-0.39, 0.29) is 0 Å². The smallest absolute Gasteiger partial charge is 0.0701 e. The van der Waals surface area contributed by atoms with Crippen LogP contribution in [0.15, 0.2) is 0 Å². The molecule has 63 valence electrons. The molecular formula is C7H14N3S. The van der Waals surface area contributed by atoms with Gasteiger partial charge < -0.3 is 16.0 Å². The summed E-state index contributed by atoms with van der Waals surface area (Å²) in [7, 11) is 0. The van der Waals surface area contributed by atoms with Gasteiger partial charge in [0, 0.05) is 38.0 Å². The Bertz CT molecular complexity index is 119. The van der Waals surface area contributed by atoms with Crippen molar-refractivity contribution in [1.82, 2.24) is 16.0 Å². The Morgan fingerprint density at radius 3 is 3.09 bits per heavy atom. The molecule has 3 nitrogen and oxygen atoms in total. The topological polar surface area (TPSA) is 36.1 Å². The molecule has 2 rings (SSSR count). The molecule has 0 bridgehead atoms. The van der Waals surface area contributed by atoms with Crippen molar-refractivity contribution in [3.63, 3.8) is 0 Å². The van der Waals surface area contributed by atoms with Crippen molar-refractivity contribution in [2.24, 2.45) is 0 Å². The lowest BCUT2D eigenvalue weighted by molar-refractivity contribution is 0.426. The van der Waals surface area contributed by atoms with Crippen molar-refractivity contribution in [2.45, 2.75) is 11.4 Å². The zero-order valence-corrected chi connectivity index (χ0v) is 7.29. The normalized spacial score (nSPS) is 39.3. The van der Waals surface area contributed by atoms with Crippen LogP contribution in [0.5, 0.6) is 0 Å². The molecule has 2 fully saturated rings. The highest BCUT2D eigenvalue weighted by atomic mass is 32.2. The Hall–Kier alpha value is 0.230. The van der Waals surface area contributed by atoms with Crippen LogP contribution < -0.4 is 16.0 Å². The van der Waals surface area contributed by atoms with Crippen LogP contribution >= 0.6 is 11.8 Å². The molecule has 0 aromatic carbocycles. The van der Waals surface area contributed by atoms with Crippen molar-refractivity contribution in [3.05, 3.63) is 6.54 Å². The molecule has 2 aliphatic heterocycles. The number of nitrogens with one attached hydrogen (secondary N) is 3. The summed E-state index contributed by atoms with van der Waals surface area (Å²) in [6, 6.07) is 0.580. The van der Waals surface area contributed by atoms with Crippen molar-refractivity contribution in [1.29, 1.82) is 0 Å². The van der Waals surface area contributed by atoms with Crippen LogP contribution in [-0.2, 0) is 0 Å². The van der Waals surface area contributed by atoms with E-state index >= 15 is 0 Å². The second kappa shape index (κ2) is 3.76. The fraction of sp³-hybridized carbons (Fsp3) is 0.857. The highest BCUT2D eigenvalue weighted by Crippen LogP contribution is 2.17. The van der Waals surface area contributed by atoms with E-state index in [1.807, 2.05) is 11.8 Å². The van der Waals surface area contributed by atoms with Crippen molar-refractivity contribution < 1.29 is 0 Å². The SMILES string of the molecule is [CH]1CNCC(C2NCCS2)N1. The minimum absolute atomic E-state index is 0.580. The van der Waals surface area contributed by atoms with Gasteiger partial charge in [0.1, 0.15) is 0 Å². The third-order valence-corrected chi connectivity index (χ3v) is 3.35. The molecular weight excluding hydrogens is 158 g/mol. The Kier molecular flexibility index (Phi) is 2.68. The molecule has 0 aliphatic carbocycles. The van der Waals surface area contributed by atoms with Gasteiger partial charge in [-0.15, -0.1) is 11.8 Å². The van der Waals surface area contributed by atoms with Crippen molar-refractivity contribution >= 4 is 11.8 Å². The van der Waals surface area contributed by atoms with E-state index in [1.165, 1.54) is 5.75 Å². The Labute approximate surface area is 71.7 Å². The maximum atomic E-state index is 3.47. The molecule has 1 radical (unpaired) electrons. The van der Waals surface area contributed by atoms with Gasteiger partial charge in [0.15, 0.2) is 0 Å². The second-order valence-corrected chi connectivity index (χ2v) is 4.13. The molecule has 2 heterocycles. The van der Waals surface area contributed by atoms with Crippen LogP contribution in [0.1, 0.15) is 0 Å². The molecule has 11 heavy (non-hydrogen) atoms. The van der Waals surface area contributed by atoms with Crippen LogP contribution in [0.2, 0.25) is 0 Å². The van der Waals surface area contributed by atoms with Gasteiger partial charge in [-0.1, -0.05) is 0 Å². The fourth-order valence-corrected chi connectivity index (χ4v) is 2.61. The van der Waals surface area contributed by atoms with Gasteiger partial charge in [-0.2, -0.15) is 0 Å². The molecule has 0 aromatic rings. The molecule has 0 saturated carbocycles. The minimum Gasteiger partial charge on any atom is -0.313 e. The first kappa shape index (κ1) is 7.86. The summed E-state index contributed by atoms with van der Waals surface area (Å²) in [6.45, 7) is 5.34. The van der Waals surface area contributed by atoms with Gasteiger partial charge in [0.2, 0.25) is 0 Å². The summed E-state index contributed by atoms with van der Waals surface area (Å²) < 4.78 is 0. The van der Waals surface area contributed by atoms with Crippen LogP contribution in [0, 0.1) is 6.54 Å². The molecule has 2 unspecified atom stereocenters. The van der Waals surface area contributed by atoms with E-state index in [2.05, 4.69) is 22.5 Å². The van der Waals surface area contributed by atoms with Crippen LogP contribution in [-0.4, -0.2) is 36.8 Å². The summed E-state index contributed by atoms with van der Waals surface area (Å²) in [5.41, 5.74) is 0. The first-order valence-corrected chi connectivity index (χ1v) is 5.15. The van der Waals surface area contributed by atoms with Crippen LogP contribution in [0.3, 0.4) is 0 Å². The molecule has 0 spiro atoms. The van der Waals surface area contributed by atoms with E-state index < -0.39 is 0 Å². The molecule has 2 saturated heterocycles. The maximum absolute atomic E-state index is 3.47. The quantitative estimate of drug-likeness (QED) is 0.492. The summed E-state index contributed by atoms with van der Waals surface area (Å²) in [5.74, 6) is 1.25. The Balaban J connectivity index is 1.82. The predicted molar refractivity (Wildman–Crippen MR) is 48.3 cm³/mol. The van der Waals surface area contributed by atoms with Gasteiger partial charge in [-0.3, -0.25) is 0 Å². The monoisotopic (exact) mass is 172 g/mol. The van der Waals surface area contributed by atoms with Gasteiger partial charge >= 0.3 is 0 Å². The third kappa shape index (κ3) is 1.87. The number of hydrogen-bond acceptors (Lipinski definition) is 4. The van der Waals surface area contributed by atoms with Gasteiger partial charge in [0.25, 0.3) is 0 Å². The van der Waals surface area contributed by atoms with Crippen LogP contribution in [0.25, 0.3) is 0 Å². The zero-order valence-electron chi connectivity index (χ0n) is 6.47. The number of hydrogen-bond donors (Lipinski definition) is 3. The van der Waals surface area contributed by atoms with Gasteiger partial charge in [-0.05, 0) is 0 Å². The average Bonchev–Trinajstić information content (AvgIpc) is 2.58. The standard InChI is InChI=1S/C7H14N3S/c1-2-9-6(5-8-1)7-10-3-4-11-7/h2,6-10H,1,3-5H2. The van der Waals surface area contributed by atoms with Crippen LogP contribution in [0.4, 0.5) is 0 Å². The fourth-order valence-electron chi connectivity index (χ4n) is 1.48. The zero-order chi connectivity index (χ0) is 7.52. The van der Waals surface area contributed by atoms with E-state index in [0.29, 0.717) is 11.4 Å². The van der Waals surface area contributed by atoms with Gasteiger partial charge in [-0.25, -0.2) is 0 Å². The first-order chi connectivity index (χ1) is 5.47. The molecule has 0 amide bonds. The molecule has 2 atom stereocenters. The highest BCUT2D eigenvalue weighted by molar-refractivity contribution is 8.00. The average molecular weight is 172 g/mol. The van der Waals surface area contributed by atoms with E-state index in [0.717, 1.165) is 19.6 Å². The minimum atomic E-state index is 0.580. The van der Waals surface area contributed by atoms with Crippen molar-refractivity contribution in [3.8, 4) is 0 Å². The summed E-state index contributed by atoms with van der Waals surface area (Å²) >= 11 is 2.02. The maximum Gasteiger partial charge on any atom is 0.0701 e. The lowest BCUT2D eigenvalue weighted by Crippen LogP contribution is -2.53. The summed E-state index contributed by atoms with van der Waals surface area (Å²) in [6.07, 6.45) is 0. The Morgan fingerprint density at radius 1 is 1.45 bits per heavy atom. The largest absolute Gasteiger partial charge is 0.313 e. The molecule has 4 heteroatoms. The third-order valence-electron chi connectivity index (χ3n) is 2.05. The first-order valence-electron chi connectivity index (χ1n) is 4.10. The summed E-state index contributed by atoms with van der Waals surface area (Å²) in [4.78, 5) is 0. The van der Waals surface area contributed by atoms with E-state index in [1.54, 1.807) is 0 Å². The van der Waals surface area contributed by atoms with Gasteiger partial charge in [0.05, 0.1) is 5.37 Å². The predicted octanol–water partition coefficient (Wildman–Crippen LogP) is -0.628. The summed E-state index contributed by atoms with van der Waals surface area (Å²) in [5, 5.41) is 10.8. The number of rotatable bonds is 1. The Morgan fingerprint density at radius 2 is 2.45 bits per heavy atom. The van der Waals surface area contributed by atoms with E-state index in [4.69, 9.17) is 0 Å². The highest BCUT2D eigenvalue weighted by Gasteiger charge is 2.25. The molecule has 2 aliphatic rings.